The van der Waals surface area contributed by atoms with Crippen molar-refractivity contribution in [1.29, 1.82) is 0 Å². The molecule has 2 unspecified atom stereocenters. The number of esters is 1. The van der Waals surface area contributed by atoms with Crippen LogP contribution in [0.1, 0.15) is 73.0 Å². The summed E-state index contributed by atoms with van der Waals surface area (Å²) >= 11 is 0. The summed E-state index contributed by atoms with van der Waals surface area (Å²) in [6.45, 7) is 6.97. The van der Waals surface area contributed by atoms with E-state index in [0.717, 1.165) is 50.8 Å². The number of likely N-dealkylation sites (tertiary alicyclic amines) is 1. The molecule has 4 aliphatic heterocycles. The van der Waals surface area contributed by atoms with Crippen LogP contribution in [0, 0.1) is 23.7 Å². The van der Waals surface area contributed by atoms with E-state index in [1.54, 1.807) is 14.0 Å². The number of para-hydroxylation sites is 1. The van der Waals surface area contributed by atoms with Gasteiger partial charge in [0.25, 0.3) is 0 Å². The largest absolute Gasteiger partial charge is 0.469 e. The molecule has 6 heterocycles. The molecule has 6 bridgehead atoms. The summed E-state index contributed by atoms with van der Waals surface area (Å²) in [5.41, 5.74) is 10.4. The van der Waals surface area contributed by atoms with Crippen LogP contribution in [0.15, 0.2) is 54.1 Å². The minimum atomic E-state index is -0.224. The minimum absolute atomic E-state index is 0.0702. The number of ketones is 1. The Bertz CT molecular complexity index is 1950. The monoisotopic (exact) mass is 630 g/mol. The van der Waals surface area contributed by atoms with Crippen molar-refractivity contribution in [2.24, 2.45) is 23.7 Å². The van der Waals surface area contributed by atoms with Gasteiger partial charge in [-0.1, -0.05) is 42.0 Å². The molecule has 2 aromatic heterocycles. The third kappa shape index (κ3) is 4.38. The van der Waals surface area contributed by atoms with Crippen LogP contribution in [0.25, 0.3) is 21.8 Å². The van der Waals surface area contributed by atoms with E-state index < -0.39 is 0 Å². The fourth-order valence-electron chi connectivity index (χ4n) is 11.0. The van der Waals surface area contributed by atoms with Gasteiger partial charge >= 0.3 is 5.97 Å². The Morgan fingerprint density at radius 1 is 0.957 bits per heavy atom. The average molecular weight is 631 g/mol. The topological polar surface area (TPSA) is 81.4 Å². The zero-order valence-electron chi connectivity index (χ0n) is 28.0. The molecule has 9 atom stereocenters. The van der Waals surface area contributed by atoms with Gasteiger partial charge < -0.3 is 14.7 Å². The third-order valence-electron chi connectivity index (χ3n) is 13.1. The van der Waals surface area contributed by atoms with Gasteiger partial charge in [-0.15, -0.1) is 0 Å². The van der Waals surface area contributed by atoms with E-state index in [2.05, 4.69) is 82.3 Å². The quantitative estimate of drug-likeness (QED) is 0.204. The molecule has 1 saturated carbocycles. The first-order valence-electron chi connectivity index (χ1n) is 17.8. The van der Waals surface area contributed by atoms with Gasteiger partial charge in [-0.3, -0.25) is 19.4 Å². The highest BCUT2D eigenvalue weighted by Gasteiger charge is 2.51. The lowest BCUT2D eigenvalue weighted by atomic mass is 9.65. The predicted octanol–water partition coefficient (Wildman–Crippen LogP) is 6.33. The molecule has 3 saturated heterocycles. The summed E-state index contributed by atoms with van der Waals surface area (Å²) < 4.78 is 5.52. The molecule has 7 nitrogen and oxygen atoms in total. The molecule has 0 amide bonds. The number of ether oxygens (including phenoxy) is 1. The standard InChI is InChI=1S/C40H46N4O3/c1-5-23-20-43(3)35-18-31-25-8-6-7-9-33(25)41-38(31)30(17-29(23)36(35)40(46)47-4)24-10-11-26-27-12-13-44-19-22-14-28(21(2)45)39(44)32(15-22)37(27)42-34(26)16-24/h5-11,16,22,28-30,32,35-36,39,41-42H,12-15,17-20H2,1-4H3/b23-5-/t22-,28-,29+,30+,32+,35+,36?,39+/m1/s1. The van der Waals surface area contributed by atoms with Gasteiger partial charge in [0, 0.05) is 82.7 Å². The van der Waals surface area contributed by atoms with Crippen LogP contribution in [0.2, 0.25) is 0 Å². The Morgan fingerprint density at radius 2 is 1.77 bits per heavy atom. The minimum Gasteiger partial charge on any atom is -0.469 e. The van der Waals surface area contributed by atoms with E-state index >= 15 is 0 Å². The number of benzene rings is 2. The van der Waals surface area contributed by atoms with Crippen molar-refractivity contribution < 1.29 is 14.3 Å². The van der Waals surface area contributed by atoms with Crippen molar-refractivity contribution in [2.45, 2.75) is 69.9 Å². The van der Waals surface area contributed by atoms with E-state index in [4.69, 9.17) is 4.74 Å². The lowest BCUT2D eigenvalue weighted by Gasteiger charge is -2.52. The van der Waals surface area contributed by atoms with Gasteiger partial charge in [-0.2, -0.15) is 0 Å². The number of piperidine rings is 3. The van der Waals surface area contributed by atoms with Gasteiger partial charge in [0.2, 0.25) is 0 Å². The van der Waals surface area contributed by atoms with Gasteiger partial charge in [0.15, 0.2) is 0 Å². The van der Waals surface area contributed by atoms with Gasteiger partial charge in [0.1, 0.15) is 5.78 Å². The number of likely N-dealkylation sites (N-methyl/N-ethyl adjacent to an activating group) is 1. The molecule has 4 fully saturated rings. The predicted molar refractivity (Wildman–Crippen MR) is 185 cm³/mol. The summed E-state index contributed by atoms with van der Waals surface area (Å²) in [7, 11) is 3.70. The van der Waals surface area contributed by atoms with Gasteiger partial charge in [-0.05, 0) is 93.7 Å². The fourth-order valence-corrected chi connectivity index (χ4v) is 11.0. The molecule has 6 aliphatic rings. The van der Waals surface area contributed by atoms with Crippen LogP contribution in [-0.4, -0.2) is 77.4 Å². The molecule has 0 radical (unpaired) electrons. The maximum atomic E-state index is 13.6. The highest BCUT2D eigenvalue weighted by Crippen LogP contribution is 2.52. The summed E-state index contributed by atoms with van der Waals surface area (Å²) in [4.78, 5) is 39.3. The second kappa shape index (κ2) is 10.9. The number of Topliss-reactive ketones (excluding diaryl/α,β-unsaturated/α-hetero) is 1. The first-order chi connectivity index (χ1) is 22.8. The Labute approximate surface area is 276 Å². The van der Waals surface area contributed by atoms with E-state index in [1.807, 2.05) is 0 Å². The number of hydrogen-bond acceptors (Lipinski definition) is 5. The molecule has 47 heavy (non-hydrogen) atoms. The molecular weight excluding hydrogens is 584 g/mol. The van der Waals surface area contributed by atoms with Crippen molar-refractivity contribution in [3.63, 3.8) is 0 Å². The summed E-state index contributed by atoms with van der Waals surface area (Å²) in [5, 5.41) is 2.58. The number of aromatic nitrogens is 2. The number of nitrogens with zero attached hydrogens (tertiary/aromatic N) is 2. The highest BCUT2D eigenvalue weighted by molar-refractivity contribution is 5.88. The molecule has 7 heteroatoms. The number of rotatable bonds is 3. The van der Waals surface area contributed by atoms with Crippen molar-refractivity contribution in [1.82, 2.24) is 19.8 Å². The number of aromatic amines is 2. The summed E-state index contributed by atoms with van der Waals surface area (Å²) in [6.07, 6.45) is 7.14. The number of nitrogens with one attached hydrogen (secondary N) is 2. The highest BCUT2D eigenvalue weighted by atomic mass is 16.5. The number of fused-ring (bicyclic) bond motifs is 9. The molecule has 2 N–H and O–H groups in total. The number of methoxy groups -OCH3 is 1. The molecule has 0 spiro atoms. The Balaban J connectivity index is 1.19. The second-order valence-electron chi connectivity index (χ2n) is 15.3. The maximum absolute atomic E-state index is 13.6. The average Bonchev–Trinajstić information content (AvgIpc) is 3.60. The van der Waals surface area contributed by atoms with E-state index in [1.165, 1.54) is 56.4 Å². The van der Waals surface area contributed by atoms with Crippen LogP contribution in [0.3, 0.4) is 0 Å². The fraction of sp³-hybridized carbons (Fsp3) is 0.500. The van der Waals surface area contributed by atoms with Crippen LogP contribution >= 0.6 is 0 Å². The Kier molecular flexibility index (Phi) is 6.85. The number of H-pyrrole nitrogens is 2. The van der Waals surface area contributed by atoms with E-state index in [0.29, 0.717) is 23.7 Å². The smallest absolute Gasteiger partial charge is 0.310 e. The zero-order chi connectivity index (χ0) is 32.1. The third-order valence-corrected chi connectivity index (χ3v) is 13.1. The van der Waals surface area contributed by atoms with Crippen LogP contribution in [-0.2, 0) is 27.2 Å². The lowest BCUT2D eigenvalue weighted by Crippen LogP contribution is -2.57. The molecular formula is C40H46N4O3. The maximum Gasteiger partial charge on any atom is 0.310 e. The van der Waals surface area contributed by atoms with Crippen molar-refractivity contribution >= 4 is 33.6 Å². The van der Waals surface area contributed by atoms with Crippen molar-refractivity contribution in [3.05, 3.63) is 82.2 Å². The van der Waals surface area contributed by atoms with Crippen LogP contribution in [0.4, 0.5) is 0 Å². The molecule has 244 valence electrons. The number of allylic oxidation sites excluding steroid dienone is 1. The van der Waals surface area contributed by atoms with Gasteiger partial charge in [0.05, 0.1) is 13.0 Å². The van der Waals surface area contributed by atoms with Crippen molar-refractivity contribution in [2.75, 3.05) is 33.8 Å². The SMILES string of the molecule is C/C=C1/CN(C)[C@H]2Cc3c([nH]c4ccccc34)[C@H](c3ccc4c5c([nH]c4c3)[C@@H]3C[C@H]4C[C@H](C(C)=O)[C@@H]3N(CC5)C4)C[C@@H]1C2C(=O)OC. The van der Waals surface area contributed by atoms with E-state index in [9.17, 15) is 9.59 Å². The van der Waals surface area contributed by atoms with Crippen LogP contribution < -0.4 is 0 Å². The number of hydrogen-bond donors (Lipinski definition) is 2. The summed E-state index contributed by atoms with van der Waals surface area (Å²) in [6, 6.07) is 16.2. The zero-order valence-corrected chi connectivity index (χ0v) is 28.0. The Hall–Kier alpha value is -3.68. The van der Waals surface area contributed by atoms with Crippen molar-refractivity contribution in [3.8, 4) is 0 Å². The number of carbonyl (C=O) groups is 2. The second-order valence-corrected chi connectivity index (χ2v) is 15.3. The van der Waals surface area contributed by atoms with Gasteiger partial charge in [-0.25, -0.2) is 0 Å². The molecule has 4 aromatic rings. The Morgan fingerprint density at radius 3 is 2.57 bits per heavy atom. The van der Waals surface area contributed by atoms with E-state index in [-0.39, 0.29) is 35.7 Å². The normalized spacial score (nSPS) is 34.0. The first-order valence-corrected chi connectivity index (χ1v) is 17.8. The molecule has 2 aliphatic carbocycles. The molecule has 2 aromatic carbocycles. The van der Waals surface area contributed by atoms with Crippen LogP contribution in [0.5, 0.6) is 0 Å². The first kappa shape index (κ1) is 29.5. The molecule has 10 rings (SSSR count). The summed E-state index contributed by atoms with van der Waals surface area (Å²) in [5.74, 6) is 1.37. The number of carbonyl (C=O) groups excluding carboxylic acids is 2. The lowest BCUT2D eigenvalue weighted by molar-refractivity contribution is -0.151.